The summed E-state index contributed by atoms with van der Waals surface area (Å²) in [5.41, 5.74) is 1.04. The van der Waals surface area contributed by atoms with Crippen molar-refractivity contribution >= 4 is 16.7 Å². The molecule has 0 radical (unpaired) electrons. The Kier molecular flexibility index (Phi) is 3.04. The summed E-state index contributed by atoms with van der Waals surface area (Å²) in [4.78, 5) is 4.16. The number of nitrogens with zero attached hydrogens (tertiary/aromatic N) is 2. The number of aromatic nitrogens is 2. The molecule has 5 nitrogen and oxygen atoms in total. The third-order valence-electron chi connectivity index (χ3n) is 2.43. The molecule has 2 heterocycles. The van der Waals surface area contributed by atoms with Gasteiger partial charge in [-0.25, -0.2) is 4.98 Å². The van der Waals surface area contributed by atoms with Gasteiger partial charge in [0, 0.05) is 12.4 Å². The van der Waals surface area contributed by atoms with E-state index in [2.05, 4.69) is 4.98 Å². The Morgan fingerprint density at radius 2 is 2.31 bits per heavy atom. The summed E-state index contributed by atoms with van der Waals surface area (Å²) < 4.78 is 23.2. The highest BCUT2D eigenvalue weighted by molar-refractivity contribution is 7.79. The smallest absolute Gasteiger partial charge is 0.137 e. The highest BCUT2D eigenvalue weighted by atomic mass is 32.2. The van der Waals surface area contributed by atoms with Crippen molar-refractivity contribution in [2.75, 3.05) is 0 Å². The third-order valence-corrected chi connectivity index (χ3v) is 3.30. The molecule has 86 valence electrons. The first-order chi connectivity index (χ1) is 7.59. The molecule has 0 aliphatic rings. The topological polar surface area (TPSA) is 77.7 Å². The fourth-order valence-corrected chi connectivity index (χ4v) is 1.79. The van der Waals surface area contributed by atoms with Crippen molar-refractivity contribution in [1.82, 2.24) is 9.38 Å². The summed E-state index contributed by atoms with van der Waals surface area (Å²) in [6.45, 7) is 1.44. The maximum Gasteiger partial charge on any atom is 0.137 e. The van der Waals surface area contributed by atoms with E-state index < -0.39 is 22.4 Å². The quantitative estimate of drug-likeness (QED) is 0.797. The summed E-state index contributed by atoms with van der Waals surface area (Å²) in [6, 6.07) is 5.45. The lowest BCUT2D eigenvalue weighted by Crippen LogP contribution is -2.20. The van der Waals surface area contributed by atoms with E-state index in [0.717, 1.165) is 0 Å². The summed E-state index contributed by atoms with van der Waals surface area (Å²) in [5, 5.41) is 8.92. The lowest BCUT2D eigenvalue weighted by atomic mass is 10.2. The number of imidazole rings is 1. The highest BCUT2D eigenvalue weighted by Crippen LogP contribution is 2.19. The molecular weight excluding hydrogens is 228 g/mol. The molecule has 0 aliphatic heterocycles. The van der Waals surface area contributed by atoms with E-state index in [9.17, 15) is 13.9 Å². The molecule has 0 bridgehead atoms. The predicted molar refractivity (Wildman–Crippen MR) is 58.5 cm³/mol. The van der Waals surface area contributed by atoms with Gasteiger partial charge in [0.15, 0.2) is 0 Å². The molecule has 2 rings (SSSR count). The molecule has 2 aromatic heterocycles. The van der Waals surface area contributed by atoms with Gasteiger partial charge >= 0.3 is 0 Å². The fourth-order valence-electron chi connectivity index (χ4n) is 1.44. The lowest BCUT2D eigenvalue weighted by Gasteiger charge is -2.19. The van der Waals surface area contributed by atoms with Crippen LogP contribution in [-0.2, 0) is 11.1 Å². The van der Waals surface area contributed by atoms with Crippen molar-refractivity contribution in [3.05, 3.63) is 36.3 Å². The zero-order valence-corrected chi connectivity index (χ0v) is 9.42. The first-order valence-electron chi connectivity index (χ1n) is 4.79. The minimum atomic E-state index is -2.31. The number of pyridine rings is 1. The first-order valence-corrected chi connectivity index (χ1v) is 5.93. The van der Waals surface area contributed by atoms with Crippen LogP contribution in [0, 0.1) is 0 Å². The lowest BCUT2D eigenvalue weighted by molar-refractivity contribution is 0.171. The Morgan fingerprint density at radius 3 is 2.94 bits per heavy atom. The Bertz CT molecular complexity index is 493. The van der Waals surface area contributed by atoms with E-state index in [-0.39, 0.29) is 0 Å². The highest BCUT2D eigenvalue weighted by Gasteiger charge is 2.19. The standard InChI is InChI=1S/C10H12N2O3S/c1-7(16(14)15)10(13)8-6-12-5-3-2-4-9(12)11-8/h2-7,10,13H,1H3,(H,14,15)/p-1/t7-,10-/m1/s1. The molecule has 1 unspecified atom stereocenters. The average molecular weight is 239 g/mol. The van der Waals surface area contributed by atoms with Crippen LogP contribution in [0.3, 0.4) is 0 Å². The van der Waals surface area contributed by atoms with E-state index in [4.69, 9.17) is 0 Å². The zero-order valence-electron chi connectivity index (χ0n) is 8.61. The number of rotatable bonds is 3. The van der Waals surface area contributed by atoms with Gasteiger partial charge in [0.05, 0.1) is 10.9 Å². The van der Waals surface area contributed by atoms with Gasteiger partial charge in [-0.05, 0) is 30.1 Å². The normalized spacial score (nSPS) is 17.2. The van der Waals surface area contributed by atoms with Crippen LogP contribution in [0.5, 0.6) is 0 Å². The van der Waals surface area contributed by atoms with Gasteiger partial charge in [-0.15, -0.1) is 0 Å². The second-order valence-corrected chi connectivity index (χ2v) is 4.81. The molecule has 0 fully saturated rings. The van der Waals surface area contributed by atoms with Gasteiger partial charge in [-0.2, -0.15) is 0 Å². The summed E-state index contributed by atoms with van der Waals surface area (Å²) in [5.74, 6) is 0. The Balaban J connectivity index is 2.36. The van der Waals surface area contributed by atoms with Gasteiger partial charge in [-0.3, -0.25) is 4.21 Å². The monoisotopic (exact) mass is 239 g/mol. The van der Waals surface area contributed by atoms with Crippen molar-refractivity contribution < 1.29 is 13.9 Å². The number of hydrogen-bond donors (Lipinski definition) is 1. The zero-order chi connectivity index (χ0) is 11.7. The molecule has 6 heteroatoms. The minimum absolute atomic E-state index is 0.364. The molecular formula is C10H11N2O3S-. The second kappa shape index (κ2) is 4.32. The number of aliphatic hydroxyl groups excluding tert-OH is 1. The Morgan fingerprint density at radius 1 is 1.56 bits per heavy atom. The largest absolute Gasteiger partial charge is 0.772 e. The van der Waals surface area contributed by atoms with Crippen molar-refractivity contribution in [2.45, 2.75) is 18.3 Å². The van der Waals surface area contributed by atoms with Gasteiger partial charge < -0.3 is 14.1 Å². The van der Waals surface area contributed by atoms with Crippen LogP contribution >= 0.6 is 0 Å². The molecule has 0 saturated heterocycles. The SMILES string of the molecule is C[C@H]([C@@H](O)c1cn2ccccc2n1)S(=O)[O-]. The van der Waals surface area contributed by atoms with Crippen LogP contribution < -0.4 is 0 Å². The van der Waals surface area contributed by atoms with Crippen molar-refractivity contribution in [3.8, 4) is 0 Å². The van der Waals surface area contributed by atoms with Crippen LogP contribution in [0.25, 0.3) is 5.65 Å². The third kappa shape index (κ3) is 1.99. The van der Waals surface area contributed by atoms with Gasteiger partial charge in [-0.1, -0.05) is 6.07 Å². The second-order valence-electron chi connectivity index (χ2n) is 3.54. The van der Waals surface area contributed by atoms with E-state index in [1.165, 1.54) is 6.92 Å². The first kappa shape index (κ1) is 11.3. The van der Waals surface area contributed by atoms with Gasteiger partial charge in [0.25, 0.3) is 0 Å². The van der Waals surface area contributed by atoms with Gasteiger partial charge in [0.2, 0.25) is 0 Å². The average Bonchev–Trinajstić information content (AvgIpc) is 2.70. The predicted octanol–water partition coefficient (Wildman–Crippen LogP) is 0.635. The summed E-state index contributed by atoms with van der Waals surface area (Å²) >= 11 is -2.31. The van der Waals surface area contributed by atoms with Gasteiger partial charge in [0.1, 0.15) is 11.8 Å². The van der Waals surface area contributed by atoms with Crippen molar-refractivity contribution in [1.29, 1.82) is 0 Å². The molecule has 2 aromatic rings. The van der Waals surface area contributed by atoms with Crippen LogP contribution in [0.15, 0.2) is 30.6 Å². The molecule has 0 amide bonds. The van der Waals surface area contributed by atoms with Crippen molar-refractivity contribution in [3.63, 3.8) is 0 Å². The minimum Gasteiger partial charge on any atom is -0.772 e. The van der Waals surface area contributed by atoms with Crippen molar-refractivity contribution in [2.24, 2.45) is 0 Å². The molecule has 0 spiro atoms. The maximum atomic E-state index is 10.7. The Hall–Kier alpha value is -1.24. The molecule has 16 heavy (non-hydrogen) atoms. The van der Waals surface area contributed by atoms with E-state index in [1.54, 1.807) is 22.9 Å². The van der Waals surface area contributed by atoms with Crippen LogP contribution in [0.1, 0.15) is 18.7 Å². The number of aliphatic hydroxyl groups is 1. The Labute approximate surface area is 95.0 Å². The van der Waals surface area contributed by atoms with E-state index in [0.29, 0.717) is 11.3 Å². The van der Waals surface area contributed by atoms with Crippen LogP contribution in [0.4, 0.5) is 0 Å². The molecule has 3 atom stereocenters. The molecule has 0 aromatic carbocycles. The maximum absolute atomic E-state index is 10.7. The summed E-state index contributed by atoms with van der Waals surface area (Å²) in [6.07, 6.45) is 2.32. The fraction of sp³-hybridized carbons (Fsp3) is 0.300. The van der Waals surface area contributed by atoms with Crippen LogP contribution in [0.2, 0.25) is 0 Å². The molecule has 0 saturated carbocycles. The van der Waals surface area contributed by atoms with E-state index in [1.807, 2.05) is 12.1 Å². The van der Waals surface area contributed by atoms with E-state index >= 15 is 0 Å². The molecule has 0 aliphatic carbocycles. The number of fused-ring (bicyclic) bond motifs is 1. The molecule has 1 N–H and O–H groups in total. The van der Waals surface area contributed by atoms with Crippen LogP contribution in [-0.4, -0.2) is 28.5 Å². The summed E-state index contributed by atoms with van der Waals surface area (Å²) in [7, 11) is 0. The number of hydrogen-bond acceptors (Lipinski definition) is 4.